The Labute approximate surface area is 205 Å². The van der Waals surface area contributed by atoms with E-state index in [1.807, 2.05) is 35.3 Å². The van der Waals surface area contributed by atoms with Gasteiger partial charge in [0.15, 0.2) is 0 Å². The molecular weight excluding hydrogens is 477 g/mol. The van der Waals surface area contributed by atoms with Gasteiger partial charge < -0.3 is 0 Å². The van der Waals surface area contributed by atoms with Crippen molar-refractivity contribution in [3.8, 4) is 0 Å². The van der Waals surface area contributed by atoms with E-state index in [0.717, 1.165) is 34.5 Å². The molecule has 0 aliphatic carbocycles. The van der Waals surface area contributed by atoms with Crippen LogP contribution in [0.5, 0.6) is 0 Å². The lowest BCUT2D eigenvalue weighted by Crippen LogP contribution is -2.00. The van der Waals surface area contributed by atoms with E-state index in [9.17, 15) is 0 Å². The average molecular weight is 505 g/mol. The highest BCUT2D eigenvalue weighted by molar-refractivity contribution is 8.01. The van der Waals surface area contributed by atoms with Crippen LogP contribution in [-0.4, -0.2) is 34.5 Å². The summed E-state index contributed by atoms with van der Waals surface area (Å²) in [7, 11) is 0. The van der Waals surface area contributed by atoms with E-state index < -0.39 is 0 Å². The Morgan fingerprint density at radius 2 is 1.32 bits per heavy atom. The van der Waals surface area contributed by atoms with E-state index in [0.29, 0.717) is 10.5 Å². The molecule has 0 bridgehead atoms. The fourth-order valence-corrected chi connectivity index (χ4v) is 7.22. The van der Waals surface area contributed by atoms with Crippen molar-refractivity contribution in [1.82, 2.24) is 0 Å². The Morgan fingerprint density at radius 3 is 1.86 bits per heavy atom. The van der Waals surface area contributed by atoms with Crippen LogP contribution in [0, 0.1) is 6.92 Å². The fraction of sp³-hybridized carbons (Fsp3) is 0.429. The maximum Gasteiger partial charge on any atom is 0.0388 e. The van der Waals surface area contributed by atoms with E-state index >= 15 is 0 Å². The van der Waals surface area contributed by atoms with Crippen LogP contribution in [-0.2, 0) is 0 Å². The molecule has 2 unspecified atom stereocenters. The quantitative estimate of drug-likeness (QED) is 0.222. The van der Waals surface area contributed by atoms with Crippen LogP contribution in [0.25, 0.3) is 0 Å². The number of aryl methyl sites for hydroxylation is 1. The van der Waals surface area contributed by atoms with Crippen molar-refractivity contribution < 1.29 is 0 Å². The first-order valence-corrected chi connectivity index (χ1v) is 14.6. The maximum absolute atomic E-state index is 4.55. The average Bonchev–Trinajstić information content (AvgIpc) is 2.71. The molecule has 0 aromatic heterocycles. The molecule has 2 aromatic rings. The minimum atomic E-state index is 0.432. The standard InChI is InChI=1S/C21H28S7/c1-15-12-18(6-7-19(15)21(14-25)27-11-9-23)28-17-4-2-16(3-5-17)20(13-24)26-10-8-22/h2-7,12,20-25H,8-11,13-14H2,1H3. The molecular formula is C21H28S7. The monoisotopic (exact) mass is 504 g/mol. The lowest BCUT2D eigenvalue weighted by atomic mass is 10.1. The highest BCUT2D eigenvalue weighted by Gasteiger charge is 2.14. The molecule has 0 heterocycles. The summed E-state index contributed by atoms with van der Waals surface area (Å²) < 4.78 is 0. The predicted octanol–water partition coefficient (Wildman–Crippen LogP) is 7.41. The summed E-state index contributed by atoms with van der Waals surface area (Å²) in [6, 6.07) is 15.7. The number of rotatable bonds is 12. The fourth-order valence-electron chi connectivity index (χ4n) is 2.84. The van der Waals surface area contributed by atoms with Crippen molar-refractivity contribution in [2.24, 2.45) is 0 Å². The number of thiol groups is 4. The first-order chi connectivity index (χ1) is 13.6. The van der Waals surface area contributed by atoms with Gasteiger partial charge in [0.2, 0.25) is 0 Å². The molecule has 154 valence electrons. The van der Waals surface area contributed by atoms with Gasteiger partial charge in [-0.2, -0.15) is 74.0 Å². The summed E-state index contributed by atoms with van der Waals surface area (Å²) in [6.45, 7) is 2.20. The smallest absolute Gasteiger partial charge is 0.0388 e. The second kappa shape index (κ2) is 14.0. The molecule has 0 aliphatic rings. The first kappa shape index (κ1) is 25.2. The molecule has 0 aliphatic heterocycles. The minimum Gasteiger partial charge on any atom is -0.179 e. The number of hydrogen-bond donors (Lipinski definition) is 4. The van der Waals surface area contributed by atoms with Crippen molar-refractivity contribution in [1.29, 1.82) is 0 Å². The van der Waals surface area contributed by atoms with Crippen molar-refractivity contribution in [2.45, 2.75) is 27.2 Å². The van der Waals surface area contributed by atoms with Gasteiger partial charge >= 0.3 is 0 Å². The number of thioether (sulfide) groups is 2. The second-order valence-corrected chi connectivity index (χ2v) is 11.6. The Balaban J connectivity index is 2.06. The first-order valence-electron chi connectivity index (χ1n) is 9.18. The molecule has 0 fully saturated rings. The number of benzene rings is 2. The molecule has 2 atom stereocenters. The summed E-state index contributed by atoms with van der Waals surface area (Å²) >= 11 is 23.4. The summed E-state index contributed by atoms with van der Waals surface area (Å²) in [5.41, 5.74) is 4.07. The van der Waals surface area contributed by atoms with Gasteiger partial charge in [-0.15, -0.1) is 0 Å². The third kappa shape index (κ3) is 7.86. The van der Waals surface area contributed by atoms with Crippen LogP contribution in [0.2, 0.25) is 0 Å². The van der Waals surface area contributed by atoms with E-state index in [4.69, 9.17) is 0 Å². The largest absolute Gasteiger partial charge is 0.179 e. The van der Waals surface area contributed by atoms with Crippen LogP contribution in [0.4, 0.5) is 0 Å². The van der Waals surface area contributed by atoms with Gasteiger partial charge in [-0.1, -0.05) is 30.0 Å². The summed E-state index contributed by atoms with van der Waals surface area (Å²) in [5, 5.41) is 0.866. The molecule has 2 aromatic carbocycles. The van der Waals surface area contributed by atoms with Gasteiger partial charge in [-0.3, -0.25) is 0 Å². The molecule has 0 N–H and O–H groups in total. The van der Waals surface area contributed by atoms with Crippen LogP contribution in [0.1, 0.15) is 27.2 Å². The lowest BCUT2D eigenvalue weighted by molar-refractivity contribution is 1.08. The van der Waals surface area contributed by atoms with Crippen LogP contribution < -0.4 is 0 Å². The van der Waals surface area contributed by atoms with Gasteiger partial charge in [-0.25, -0.2) is 0 Å². The molecule has 0 saturated heterocycles. The molecule has 0 spiro atoms. The van der Waals surface area contributed by atoms with E-state index in [2.05, 4.69) is 99.9 Å². The normalized spacial score (nSPS) is 13.5. The second-order valence-electron chi connectivity index (χ2n) is 6.22. The Kier molecular flexibility index (Phi) is 12.6. The minimum absolute atomic E-state index is 0.432. The molecule has 28 heavy (non-hydrogen) atoms. The number of hydrogen-bond acceptors (Lipinski definition) is 7. The van der Waals surface area contributed by atoms with Crippen molar-refractivity contribution in [3.05, 3.63) is 59.2 Å². The Morgan fingerprint density at radius 1 is 0.750 bits per heavy atom. The zero-order valence-electron chi connectivity index (χ0n) is 16.0. The van der Waals surface area contributed by atoms with Crippen LogP contribution in [0.3, 0.4) is 0 Å². The SMILES string of the molecule is Cc1cc(Sc2ccc(C(CS)SCCS)cc2)ccc1C(CS)SCCS. The van der Waals surface area contributed by atoms with Crippen LogP contribution >= 0.6 is 85.8 Å². The third-order valence-corrected chi connectivity index (χ3v) is 10.0. The molecule has 0 saturated carbocycles. The highest BCUT2D eigenvalue weighted by Crippen LogP contribution is 2.36. The molecule has 7 heteroatoms. The molecule has 0 nitrogen and oxygen atoms in total. The van der Waals surface area contributed by atoms with E-state index in [1.54, 1.807) is 0 Å². The summed E-state index contributed by atoms with van der Waals surface area (Å²) in [6.07, 6.45) is 0. The Hall–Kier alpha value is 0.890. The van der Waals surface area contributed by atoms with Gasteiger partial charge in [0.05, 0.1) is 0 Å². The molecule has 0 amide bonds. The van der Waals surface area contributed by atoms with Crippen molar-refractivity contribution in [3.63, 3.8) is 0 Å². The van der Waals surface area contributed by atoms with Gasteiger partial charge in [0.1, 0.15) is 0 Å². The molecule has 0 radical (unpaired) electrons. The lowest BCUT2D eigenvalue weighted by Gasteiger charge is -2.17. The van der Waals surface area contributed by atoms with Crippen molar-refractivity contribution in [2.75, 3.05) is 34.5 Å². The zero-order valence-corrected chi connectivity index (χ0v) is 22.0. The predicted molar refractivity (Wildman–Crippen MR) is 148 cm³/mol. The summed E-state index contributed by atoms with van der Waals surface area (Å²) in [5.74, 6) is 5.61. The van der Waals surface area contributed by atoms with Gasteiger partial charge in [0, 0.05) is 43.3 Å². The van der Waals surface area contributed by atoms with Crippen LogP contribution in [0.15, 0.2) is 52.3 Å². The van der Waals surface area contributed by atoms with E-state index in [-0.39, 0.29) is 0 Å². The van der Waals surface area contributed by atoms with E-state index in [1.165, 1.54) is 26.5 Å². The molecule has 2 rings (SSSR count). The third-order valence-electron chi connectivity index (χ3n) is 4.23. The summed E-state index contributed by atoms with van der Waals surface area (Å²) in [4.78, 5) is 2.55. The maximum atomic E-state index is 4.55. The zero-order chi connectivity index (χ0) is 20.4. The van der Waals surface area contributed by atoms with Crippen molar-refractivity contribution >= 4 is 85.8 Å². The highest BCUT2D eigenvalue weighted by atomic mass is 32.2. The topological polar surface area (TPSA) is 0 Å². The Bertz CT molecular complexity index is 702. The van der Waals surface area contributed by atoms with Gasteiger partial charge in [0.25, 0.3) is 0 Å². The van der Waals surface area contributed by atoms with Gasteiger partial charge in [-0.05, 0) is 59.4 Å².